The quantitative estimate of drug-likeness (QED) is 0.233. The average molecular weight is 498 g/mol. The Morgan fingerprint density at radius 2 is 0.821 bits per heavy atom. The number of anilines is 2. The second-order valence-corrected chi connectivity index (χ2v) is 9.92. The number of fused-ring (bicyclic) bond motifs is 3. The highest BCUT2D eigenvalue weighted by molar-refractivity contribution is 6.08. The van der Waals surface area contributed by atoms with Crippen molar-refractivity contribution in [2.45, 2.75) is 0 Å². The Hall–Kier alpha value is -5.14. The van der Waals surface area contributed by atoms with Crippen LogP contribution < -0.4 is 5.32 Å². The highest BCUT2D eigenvalue weighted by Crippen LogP contribution is 2.37. The first-order valence-corrected chi connectivity index (χ1v) is 13.4. The Morgan fingerprint density at radius 1 is 0.308 bits per heavy atom. The van der Waals surface area contributed by atoms with Crippen molar-refractivity contribution < 1.29 is 0 Å². The molecule has 1 heteroatoms. The van der Waals surface area contributed by atoms with Crippen LogP contribution in [0.1, 0.15) is 0 Å². The third-order valence-electron chi connectivity index (χ3n) is 7.44. The molecule has 0 aliphatic rings. The van der Waals surface area contributed by atoms with E-state index in [1.165, 1.54) is 54.9 Å². The van der Waals surface area contributed by atoms with E-state index in [-0.39, 0.29) is 0 Å². The molecule has 0 amide bonds. The molecule has 0 aliphatic heterocycles. The summed E-state index contributed by atoms with van der Waals surface area (Å²) in [5.74, 6) is 0. The molecule has 184 valence electrons. The lowest BCUT2D eigenvalue weighted by atomic mass is 9.93. The van der Waals surface area contributed by atoms with Gasteiger partial charge in [-0.15, -0.1) is 0 Å². The standard InChI is InChI=1S/C38H27N/c1-3-9-27(10-4-1)28-15-17-31(18-16-28)36-24-23-34(26-37(36)29-11-5-2-6-12-29)39-33-22-21-32-20-19-30-13-7-8-14-35(30)38(32)25-33/h1-26,39H. The lowest BCUT2D eigenvalue weighted by molar-refractivity contribution is 1.53. The third kappa shape index (κ3) is 4.56. The van der Waals surface area contributed by atoms with E-state index in [0.29, 0.717) is 0 Å². The van der Waals surface area contributed by atoms with Gasteiger partial charge < -0.3 is 5.32 Å². The maximum Gasteiger partial charge on any atom is 0.0390 e. The average Bonchev–Trinajstić information content (AvgIpc) is 3.02. The minimum absolute atomic E-state index is 1.07. The van der Waals surface area contributed by atoms with Gasteiger partial charge in [-0.05, 0) is 79.2 Å². The van der Waals surface area contributed by atoms with Crippen LogP contribution in [-0.2, 0) is 0 Å². The lowest BCUT2D eigenvalue weighted by Gasteiger charge is -2.15. The van der Waals surface area contributed by atoms with Crippen LogP contribution in [0.3, 0.4) is 0 Å². The predicted octanol–water partition coefficient (Wildman–Crippen LogP) is 10.7. The van der Waals surface area contributed by atoms with E-state index in [1.54, 1.807) is 0 Å². The Labute approximate surface area is 229 Å². The van der Waals surface area contributed by atoms with Gasteiger partial charge in [0.05, 0.1) is 0 Å². The van der Waals surface area contributed by atoms with E-state index >= 15 is 0 Å². The van der Waals surface area contributed by atoms with Gasteiger partial charge in [-0.1, -0.05) is 133 Å². The van der Waals surface area contributed by atoms with Gasteiger partial charge in [0.25, 0.3) is 0 Å². The van der Waals surface area contributed by atoms with Gasteiger partial charge in [-0.3, -0.25) is 0 Å². The molecular weight excluding hydrogens is 470 g/mol. The van der Waals surface area contributed by atoms with Crippen LogP contribution in [0.4, 0.5) is 11.4 Å². The normalized spacial score (nSPS) is 11.1. The lowest BCUT2D eigenvalue weighted by Crippen LogP contribution is -1.93. The molecule has 0 fully saturated rings. The third-order valence-corrected chi connectivity index (χ3v) is 7.44. The van der Waals surface area contributed by atoms with E-state index in [1.807, 2.05) is 0 Å². The Balaban J connectivity index is 1.27. The summed E-state index contributed by atoms with van der Waals surface area (Å²) < 4.78 is 0. The molecule has 7 aromatic carbocycles. The van der Waals surface area contributed by atoms with Crippen molar-refractivity contribution in [2.75, 3.05) is 5.32 Å². The Kier molecular flexibility index (Phi) is 5.88. The second-order valence-electron chi connectivity index (χ2n) is 9.92. The van der Waals surface area contributed by atoms with Crippen molar-refractivity contribution in [3.05, 3.63) is 158 Å². The summed E-state index contributed by atoms with van der Waals surface area (Å²) in [5, 5.41) is 8.73. The zero-order valence-electron chi connectivity index (χ0n) is 21.5. The molecule has 0 atom stereocenters. The molecule has 1 nitrogen and oxygen atoms in total. The summed E-state index contributed by atoms with van der Waals surface area (Å²) in [6.45, 7) is 0. The fourth-order valence-electron chi connectivity index (χ4n) is 5.45. The van der Waals surface area contributed by atoms with Crippen LogP contribution in [0.15, 0.2) is 158 Å². The molecular formula is C38H27N. The van der Waals surface area contributed by atoms with Gasteiger partial charge in [0.2, 0.25) is 0 Å². The molecule has 7 aromatic rings. The zero-order valence-corrected chi connectivity index (χ0v) is 21.5. The fraction of sp³-hybridized carbons (Fsp3) is 0. The largest absolute Gasteiger partial charge is 0.355 e. The van der Waals surface area contributed by atoms with Gasteiger partial charge in [-0.25, -0.2) is 0 Å². The van der Waals surface area contributed by atoms with E-state index < -0.39 is 0 Å². The first-order valence-electron chi connectivity index (χ1n) is 13.4. The first-order chi connectivity index (χ1) is 19.3. The second kappa shape index (κ2) is 9.96. The van der Waals surface area contributed by atoms with Crippen LogP contribution in [-0.4, -0.2) is 0 Å². The minimum Gasteiger partial charge on any atom is -0.355 e. The molecule has 0 saturated carbocycles. The van der Waals surface area contributed by atoms with Crippen molar-refractivity contribution in [2.24, 2.45) is 0 Å². The minimum atomic E-state index is 1.07. The SMILES string of the molecule is c1ccc(-c2ccc(-c3ccc(Nc4ccc5ccc6ccccc6c5c4)cc3-c3ccccc3)cc2)cc1. The number of rotatable bonds is 5. The summed E-state index contributed by atoms with van der Waals surface area (Å²) in [6, 6.07) is 56.3. The fourth-order valence-corrected chi connectivity index (χ4v) is 5.45. The highest BCUT2D eigenvalue weighted by Gasteiger charge is 2.10. The van der Waals surface area contributed by atoms with Crippen molar-refractivity contribution in [3.63, 3.8) is 0 Å². The summed E-state index contributed by atoms with van der Waals surface area (Å²) in [7, 11) is 0. The molecule has 0 heterocycles. The number of hydrogen-bond donors (Lipinski definition) is 1. The maximum absolute atomic E-state index is 3.68. The van der Waals surface area contributed by atoms with Crippen LogP contribution >= 0.6 is 0 Å². The van der Waals surface area contributed by atoms with Crippen LogP contribution in [0.25, 0.3) is 54.9 Å². The van der Waals surface area contributed by atoms with Crippen molar-refractivity contribution in [1.29, 1.82) is 0 Å². The van der Waals surface area contributed by atoms with Gasteiger partial charge in [0, 0.05) is 11.4 Å². The summed E-state index contributed by atoms with van der Waals surface area (Å²) in [6.07, 6.45) is 0. The van der Waals surface area contributed by atoms with Crippen LogP contribution in [0.5, 0.6) is 0 Å². The van der Waals surface area contributed by atoms with Crippen molar-refractivity contribution in [1.82, 2.24) is 0 Å². The topological polar surface area (TPSA) is 12.0 Å². The Morgan fingerprint density at radius 3 is 1.59 bits per heavy atom. The smallest absolute Gasteiger partial charge is 0.0390 e. The van der Waals surface area contributed by atoms with E-state index in [2.05, 4.69) is 163 Å². The number of benzene rings is 7. The van der Waals surface area contributed by atoms with Gasteiger partial charge in [-0.2, -0.15) is 0 Å². The molecule has 0 bridgehead atoms. The van der Waals surface area contributed by atoms with E-state index in [0.717, 1.165) is 11.4 Å². The molecule has 0 aliphatic carbocycles. The Bertz CT molecular complexity index is 1900. The van der Waals surface area contributed by atoms with Crippen molar-refractivity contribution >= 4 is 32.9 Å². The molecule has 0 radical (unpaired) electrons. The molecule has 1 N–H and O–H groups in total. The van der Waals surface area contributed by atoms with Crippen LogP contribution in [0, 0.1) is 0 Å². The molecule has 39 heavy (non-hydrogen) atoms. The molecule has 0 saturated heterocycles. The van der Waals surface area contributed by atoms with Gasteiger partial charge in [0.15, 0.2) is 0 Å². The summed E-state index contributed by atoms with van der Waals surface area (Å²) in [5.41, 5.74) is 9.44. The van der Waals surface area contributed by atoms with Gasteiger partial charge >= 0.3 is 0 Å². The number of nitrogens with one attached hydrogen (secondary N) is 1. The predicted molar refractivity (Wildman–Crippen MR) is 167 cm³/mol. The zero-order chi connectivity index (χ0) is 26.0. The van der Waals surface area contributed by atoms with E-state index in [4.69, 9.17) is 0 Å². The van der Waals surface area contributed by atoms with Crippen LogP contribution in [0.2, 0.25) is 0 Å². The monoisotopic (exact) mass is 497 g/mol. The molecule has 7 rings (SSSR count). The molecule has 0 spiro atoms. The van der Waals surface area contributed by atoms with E-state index in [9.17, 15) is 0 Å². The van der Waals surface area contributed by atoms with Gasteiger partial charge in [0.1, 0.15) is 0 Å². The maximum atomic E-state index is 3.68. The molecule has 0 aromatic heterocycles. The summed E-state index contributed by atoms with van der Waals surface area (Å²) in [4.78, 5) is 0. The highest BCUT2D eigenvalue weighted by atomic mass is 14.9. The summed E-state index contributed by atoms with van der Waals surface area (Å²) >= 11 is 0. The number of hydrogen-bond acceptors (Lipinski definition) is 1. The first kappa shape index (κ1) is 23.0. The molecule has 0 unspecified atom stereocenters. The van der Waals surface area contributed by atoms with Crippen molar-refractivity contribution in [3.8, 4) is 33.4 Å².